The van der Waals surface area contributed by atoms with Crippen LogP contribution in [0.4, 0.5) is 0 Å². The summed E-state index contributed by atoms with van der Waals surface area (Å²) < 4.78 is 0. The largest absolute Gasteiger partial charge is 0.327 e. The maximum atomic E-state index is 6.00. The Morgan fingerprint density at radius 2 is 2.15 bits per heavy atom. The number of rotatable bonds is 2. The lowest BCUT2D eigenvalue weighted by molar-refractivity contribution is 0.0295. The van der Waals surface area contributed by atoms with E-state index in [4.69, 9.17) is 5.73 Å². The van der Waals surface area contributed by atoms with Gasteiger partial charge in [0, 0.05) is 24.2 Å². The van der Waals surface area contributed by atoms with Gasteiger partial charge in [-0.25, -0.2) is 0 Å². The monoisotopic (exact) mass is 184 g/mol. The Morgan fingerprint density at radius 1 is 1.54 bits per heavy atom. The molecule has 2 N–H and O–H groups in total. The summed E-state index contributed by atoms with van der Waals surface area (Å²) in [4.78, 5) is 2.57. The van der Waals surface area contributed by atoms with Gasteiger partial charge in [-0.3, -0.25) is 4.90 Å². The van der Waals surface area contributed by atoms with Crippen LogP contribution in [-0.2, 0) is 0 Å². The van der Waals surface area contributed by atoms with E-state index >= 15 is 0 Å². The molecule has 2 unspecified atom stereocenters. The van der Waals surface area contributed by atoms with Crippen LogP contribution in [0.3, 0.4) is 0 Å². The van der Waals surface area contributed by atoms with Crippen molar-refractivity contribution in [1.29, 1.82) is 0 Å². The molecule has 0 amide bonds. The quantitative estimate of drug-likeness (QED) is 0.711. The second kappa shape index (κ2) is 3.97. The Hall–Kier alpha value is -0.0800. The molecule has 0 aromatic carbocycles. The SMILES string of the molecule is CCC(C)N1CC(N)CCC1(C)C. The predicted molar refractivity (Wildman–Crippen MR) is 57.7 cm³/mol. The van der Waals surface area contributed by atoms with Gasteiger partial charge in [0.25, 0.3) is 0 Å². The van der Waals surface area contributed by atoms with Gasteiger partial charge < -0.3 is 5.73 Å². The van der Waals surface area contributed by atoms with E-state index in [0.717, 1.165) is 6.54 Å². The van der Waals surface area contributed by atoms with Gasteiger partial charge in [-0.2, -0.15) is 0 Å². The highest BCUT2D eigenvalue weighted by atomic mass is 15.2. The first-order valence-corrected chi connectivity index (χ1v) is 5.49. The van der Waals surface area contributed by atoms with Crippen molar-refractivity contribution in [3.05, 3.63) is 0 Å². The average Bonchev–Trinajstić information content (AvgIpc) is 2.08. The maximum absolute atomic E-state index is 6.00. The third-order valence-corrected chi connectivity index (χ3v) is 3.46. The minimum Gasteiger partial charge on any atom is -0.327 e. The van der Waals surface area contributed by atoms with Gasteiger partial charge in [0.2, 0.25) is 0 Å². The Bertz CT molecular complexity index is 165. The van der Waals surface area contributed by atoms with E-state index < -0.39 is 0 Å². The Balaban J connectivity index is 2.66. The van der Waals surface area contributed by atoms with E-state index in [2.05, 4.69) is 32.6 Å². The van der Waals surface area contributed by atoms with Gasteiger partial charge >= 0.3 is 0 Å². The lowest BCUT2D eigenvalue weighted by Gasteiger charge is -2.48. The molecule has 0 radical (unpaired) electrons. The third kappa shape index (κ3) is 2.44. The fourth-order valence-electron chi connectivity index (χ4n) is 2.27. The first-order chi connectivity index (χ1) is 5.97. The standard InChI is InChI=1S/C11H24N2/c1-5-9(2)13-8-10(12)6-7-11(13,3)4/h9-10H,5-8,12H2,1-4H3. The summed E-state index contributed by atoms with van der Waals surface area (Å²) in [5.74, 6) is 0. The number of nitrogens with zero attached hydrogens (tertiary/aromatic N) is 1. The number of hydrogen-bond acceptors (Lipinski definition) is 2. The minimum atomic E-state index is 0.352. The summed E-state index contributed by atoms with van der Waals surface area (Å²) in [5.41, 5.74) is 6.35. The Labute approximate surface area is 82.5 Å². The van der Waals surface area contributed by atoms with Gasteiger partial charge in [0.15, 0.2) is 0 Å². The van der Waals surface area contributed by atoms with Gasteiger partial charge in [-0.1, -0.05) is 6.92 Å². The molecule has 0 spiro atoms. The molecule has 0 aromatic rings. The van der Waals surface area contributed by atoms with Crippen molar-refractivity contribution < 1.29 is 0 Å². The van der Waals surface area contributed by atoms with Crippen LogP contribution in [0.25, 0.3) is 0 Å². The van der Waals surface area contributed by atoms with Crippen molar-refractivity contribution in [2.24, 2.45) is 5.73 Å². The highest BCUT2D eigenvalue weighted by molar-refractivity contribution is 4.92. The zero-order chi connectivity index (χ0) is 10.1. The summed E-state index contributed by atoms with van der Waals surface area (Å²) in [6.07, 6.45) is 3.63. The molecule has 1 rings (SSSR count). The van der Waals surface area contributed by atoms with Crippen LogP contribution in [0.1, 0.15) is 47.0 Å². The lowest BCUT2D eigenvalue weighted by atomic mass is 9.86. The fourth-order valence-corrected chi connectivity index (χ4v) is 2.27. The van der Waals surface area contributed by atoms with Crippen molar-refractivity contribution in [2.75, 3.05) is 6.54 Å². The summed E-state index contributed by atoms with van der Waals surface area (Å²) in [7, 11) is 0. The van der Waals surface area contributed by atoms with Crippen LogP contribution < -0.4 is 5.73 Å². The highest BCUT2D eigenvalue weighted by Gasteiger charge is 2.34. The molecule has 1 heterocycles. The van der Waals surface area contributed by atoms with E-state index in [9.17, 15) is 0 Å². The van der Waals surface area contributed by atoms with Gasteiger partial charge in [0.1, 0.15) is 0 Å². The first-order valence-electron chi connectivity index (χ1n) is 5.49. The minimum absolute atomic E-state index is 0.352. The second-order valence-electron chi connectivity index (χ2n) is 5.02. The molecule has 0 aromatic heterocycles. The molecule has 78 valence electrons. The van der Waals surface area contributed by atoms with Crippen molar-refractivity contribution in [1.82, 2.24) is 4.90 Å². The normalized spacial score (nSPS) is 31.6. The molecular weight excluding hydrogens is 160 g/mol. The predicted octanol–water partition coefficient (Wildman–Crippen LogP) is 1.99. The zero-order valence-corrected chi connectivity index (χ0v) is 9.51. The fraction of sp³-hybridized carbons (Fsp3) is 1.00. The number of hydrogen-bond donors (Lipinski definition) is 1. The second-order valence-corrected chi connectivity index (χ2v) is 5.02. The van der Waals surface area contributed by atoms with Crippen LogP contribution >= 0.6 is 0 Å². The van der Waals surface area contributed by atoms with Crippen LogP contribution in [0.15, 0.2) is 0 Å². The number of piperidine rings is 1. The van der Waals surface area contributed by atoms with E-state index in [1.165, 1.54) is 19.3 Å². The van der Waals surface area contributed by atoms with E-state index in [-0.39, 0.29) is 0 Å². The van der Waals surface area contributed by atoms with E-state index in [1.54, 1.807) is 0 Å². The van der Waals surface area contributed by atoms with E-state index in [0.29, 0.717) is 17.6 Å². The lowest BCUT2D eigenvalue weighted by Crippen LogP contribution is -2.57. The molecule has 1 aliphatic heterocycles. The van der Waals surface area contributed by atoms with Crippen LogP contribution in [-0.4, -0.2) is 29.1 Å². The Morgan fingerprint density at radius 3 is 2.69 bits per heavy atom. The van der Waals surface area contributed by atoms with Gasteiger partial charge in [-0.15, -0.1) is 0 Å². The van der Waals surface area contributed by atoms with E-state index in [1.807, 2.05) is 0 Å². The summed E-state index contributed by atoms with van der Waals surface area (Å²) in [6, 6.07) is 1.06. The molecule has 2 nitrogen and oxygen atoms in total. The molecule has 0 aliphatic carbocycles. The van der Waals surface area contributed by atoms with Crippen molar-refractivity contribution >= 4 is 0 Å². The van der Waals surface area contributed by atoms with Crippen LogP contribution in [0.2, 0.25) is 0 Å². The zero-order valence-electron chi connectivity index (χ0n) is 9.51. The maximum Gasteiger partial charge on any atom is 0.0168 e. The smallest absolute Gasteiger partial charge is 0.0168 e. The topological polar surface area (TPSA) is 29.3 Å². The molecule has 2 heteroatoms. The molecule has 1 fully saturated rings. The van der Waals surface area contributed by atoms with Crippen molar-refractivity contribution in [3.63, 3.8) is 0 Å². The summed E-state index contributed by atoms with van der Waals surface area (Å²) in [6.45, 7) is 10.3. The highest BCUT2D eigenvalue weighted by Crippen LogP contribution is 2.29. The molecule has 0 bridgehead atoms. The van der Waals surface area contributed by atoms with Crippen LogP contribution in [0.5, 0.6) is 0 Å². The van der Waals surface area contributed by atoms with Gasteiger partial charge in [0.05, 0.1) is 0 Å². The average molecular weight is 184 g/mol. The Kier molecular flexibility index (Phi) is 3.36. The molecule has 1 saturated heterocycles. The summed E-state index contributed by atoms with van der Waals surface area (Å²) in [5, 5.41) is 0. The van der Waals surface area contributed by atoms with Crippen molar-refractivity contribution in [2.45, 2.75) is 64.6 Å². The molecule has 13 heavy (non-hydrogen) atoms. The van der Waals surface area contributed by atoms with Crippen molar-refractivity contribution in [3.8, 4) is 0 Å². The number of nitrogens with two attached hydrogens (primary N) is 1. The molecular formula is C11H24N2. The number of likely N-dealkylation sites (tertiary alicyclic amines) is 1. The van der Waals surface area contributed by atoms with Gasteiger partial charge in [-0.05, 0) is 40.0 Å². The molecule has 2 atom stereocenters. The summed E-state index contributed by atoms with van der Waals surface area (Å²) >= 11 is 0. The van der Waals surface area contributed by atoms with Crippen LogP contribution in [0, 0.1) is 0 Å². The molecule has 1 aliphatic rings. The molecule has 0 saturated carbocycles. The third-order valence-electron chi connectivity index (χ3n) is 3.46. The first kappa shape index (κ1) is 11.0.